The van der Waals surface area contributed by atoms with E-state index in [1.54, 1.807) is 52.2 Å². The summed E-state index contributed by atoms with van der Waals surface area (Å²) in [6.07, 6.45) is 3.80. The molecule has 0 spiro atoms. The number of ether oxygens (including phenoxy) is 6. The lowest BCUT2D eigenvalue weighted by molar-refractivity contribution is -0.138. The van der Waals surface area contributed by atoms with Crippen LogP contribution in [0.1, 0.15) is 22.3 Å². The topological polar surface area (TPSA) is 281 Å². The van der Waals surface area contributed by atoms with E-state index in [0.717, 1.165) is 38.6 Å². The van der Waals surface area contributed by atoms with E-state index in [2.05, 4.69) is 36.9 Å². The molecule has 0 aliphatic rings. The summed E-state index contributed by atoms with van der Waals surface area (Å²) in [6.45, 7) is 1.79. The molecule has 0 bridgehead atoms. The van der Waals surface area contributed by atoms with Crippen LogP contribution in [0.2, 0.25) is 0 Å². The first-order valence-corrected chi connectivity index (χ1v) is 27.0. The van der Waals surface area contributed by atoms with Gasteiger partial charge in [-0.15, -0.1) is 5.10 Å². The molecule has 21 nitrogen and oxygen atoms in total. The highest BCUT2D eigenvalue weighted by Crippen LogP contribution is 2.13. The third kappa shape index (κ3) is 26.2. The number of hydrogen-bond acceptors (Lipinski definition) is 18. The second-order valence-electron chi connectivity index (χ2n) is 16.3. The maximum absolute atomic E-state index is 12.8. The van der Waals surface area contributed by atoms with Gasteiger partial charge in [0.25, 0.3) is 0 Å². The van der Waals surface area contributed by atoms with Crippen LogP contribution in [0.3, 0.4) is 0 Å². The molecule has 6 rings (SSSR count). The van der Waals surface area contributed by atoms with Crippen LogP contribution in [0.5, 0.6) is 11.5 Å². The molecule has 6 aromatic rings. The molecule has 0 fully saturated rings. The Kier molecular flexibility index (Phi) is 32.4. The van der Waals surface area contributed by atoms with Gasteiger partial charge in [0, 0.05) is 11.5 Å². The summed E-state index contributed by atoms with van der Waals surface area (Å²) in [5.41, 5.74) is 11.1. The third-order valence-electron chi connectivity index (χ3n) is 10.6. The molecule has 5 aromatic carbocycles. The molecule has 3 amide bonds. The van der Waals surface area contributed by atoms with Gasteiger partial charge in [0.15, 0.2) is 0 Å². The fraction of sp³-hybridized carbons (Fsp3) is 0.370. The zero-order chi connectivity index (χ0) is 56.0. The van der Waals surface area contributed by atoms with Gasteiger partial charge in [-0.25, -0.2) is 0 Å². The molecule has 4 atom stereocenters. The first kappa shape index (κ1) is 64.5. The molecule has 0 radical (unpaired) electrons. The Morgan fingerprint density at radius 2 is 1.01 bits per heavy atom. The molecule has 0 saturated carbocycles. The molecular weight excluding hydrogens is 1030 g/mol. The van der Waals surface area contributed by atoms with Crippen LogP contribution in [-0.4, -0.2) is 152 Å². The monoisotopic (exact) mass is 1100 g/mol. The van der Waals surface area contributed by atoms with Crippen molar-refractivity contribution in [1.82, 2.24) is 41.7 Å². The van der Waals surface area contributed by atoms with E-state index in [9.17, 15) is 19.2 Å². The lowest BCUT2D eigenvalue weighted by Gasteiger charge is -2.22. The Morgan fingerprint density at radius 1 is 0.571 bits per heavy atom. The van der Waals surface area contributed by atoms with Crippen molar-refractivity contribution in [3.8, 4) is 11.5 Å². The molecule has 1 heterocycles. The maximum Gasteiger partial charge on any atom is 0.321 e. The number of rotatable bonds is 29. The van der Waals surface area contributed by atoms with Crippen molar-refractivity contribution in [2.75, 3.05) is 79.0 Å². The fourth-order valence-corrected chi connectivity index (χ4v) is 7.61. The summed E-state index contributed by atoms with van der Waals surface area (Å²) in [4.78, 5) is 48.2. The second-order valence-corrected chi connectivity index (χ2v) is 18.2. The first-order valence-electron chi connectivity index (χ1n) is 24.2. The van der Waals surface area contributed by atoms with E-state index in [4.69, 9.17) is 44.5 Å². The van der Waals surface area contributed by atoms with E-state index in [1.165, 1.54) is 11.8 Å². The molecule has 9 N–H and O–H groups in total. The van der Waals surface area contributed by atoms with Gasteiger partial charge in [0.2, 0.25) is 17.7 Å². The van der Waals surface area contributed by atoms with Crippen LogP contribution < -0.4 is 41.8 Å². The largest absolute Gasteiger partial charge is 0.497 e. The van der Waals surface area contributed by atoms with E-state index in [0.29, 0.717) is 49.0 Å². The minimum absolute atomic E-state index is 0.0101. The van der Waals surface area contributed by atoms with E-state index >= 15 is 0 Å². The predicted octanol–water partition coefficient (Wildman–Crippen LogP) is 4.46. The smallest absolute Gasteiger partial charge is 0.321 e. The molecule has 4 unspecified atom stereocenters. The Bertz CT molecular complexity index is 2550. The van der Waals surface area contributed by atoms with Crippen molar-refractivity contribution in [2.45, 2.75) is 50.6 Å². The second kappa shape index (κ2) is 38.7. The standard InChI is InChI=1S/C24H33N3O5S.C19H24N2O4.C6H5N3O.C5H11NO2S/c1-25-22(16-33-3)24(29)27-21(15-31-13-18-7-5-4-6-8-18)23(28)26-17-32-14-19-9-11-20(30-2)12-10-19;1-23-17-9-7-16(8-10-17)12-25-14-21-19(22)18(20)13-24-11-15-5-3-2-4-6-15;10-9-6-4-2-1-3-5(6)7-8-9;1-6-4(3-9-2)5(7)8/h4-12,21-22,25H,13-17H2,1-3H3,(H,26,28)(H,27,29);2-10,18H,11-14,20H2,1H3,(H,21,22);1-4,10H;4,6H,3H2,1-2H3,(H,7,8). The Hall–Kier alpha value is -6.80. The minimum atomic E-state index is -0.844. The molecule has 0 saturated heterocycles. The van der Waals surface area contributed by atoms with Crippen LogP contribution in [-0.2, 0) is 64.6 Å². The molecule has 23 heteroatoms. The number of carbonyl (C=O) groups excluding carboxylic acids is 3. The number of hydrogen-bond donors (Lipinski definition) is 8. The summed E-state index contributed by atoms with van der Waals surface area (Å²) < 4.78 is 32.4. The number of fused-ring (bicyclic) bond motifs is 1. The van der Waals surface area contributed by atoms with Crippen molar-refractivity contribution in [3.63, 3.8) is 0 Å². The fourth-order valence-electron chi connectivity index (χ4n) is 6.32. The number of aliphatic carboxylic acids is 1. The number of para-hydroxylation sites is 1. The van der Waals surface area contributed by atoms with Gasteiger partial charge in [0.1, 0.15) is 54.1 Å². The van der Waals surface area contributed by atoms with Crippen molar-refractivity contribution in [3.05, 3.63) is 156 Å². The van der Waals surface area contributed by atoms with Gasteiger partial charge in [-0.3, -0.25) is 19.2 Å². The highest BCUT2D eigenvalue weighted by atomic mass is 32.2. The molecule has 0 aliphatic carbocycles. The SMILES string of the molecule is CNC(CSC)C(=O)NC(COCc1ccccc1)C(=O)NCOCc1ccc(OC)cc1.CNC(CSC)C(=O)O.COc1ccc(COCNC(=O)C(N)COCc2ccccc2)cc1.On1nnc2ccccc21. The van der Waals surface area contributed by atoms with Crippen LogP contribution in [0.4, 0.5) is 0 Å². The van der Waals surface area contributed by atoms with E-state index in [1.807, 2.05) is 134 Å². The molecular formula is C54H73N9O12S2. The van der Waals surface area contributed by atoms with Crippen molar-refractivity contribution in [1.29, 1.82) is 0 Å². The number of carboxylic acids is 1. The van der Waals surface area contributed by atoms with E-state index in [-0.39, 0.29) is 44.4 Å². The Morgan fingerprint density at radius 3 is 1.47 bits per heavy atom. The van der Waals surface area contributed by atoms with Crippen molar-refractivity contribution < 1.29 is 57.9 Å². The molecule has 0 aliphatic heterocycles. The Balaban J connectivity index is 0.000000307. The molecule has 1 aromatic heterocycles. The average molecular weight is 1100 g/mol. The number of thioether (sulfide) groups is 2. The number of aromatic nitrogens is 3. The number of methoxy groups -OCH3 is 2. The van der Waals surface area contributed by atoms with E-state index < -0.39 is 30.1 Å². The van der Waals surface area contributed by atoms with Gasteiger partial charge in [-0.05, 0) is 90.5 Å². The number of carboxylic acid groups (broad SMARTS) is 1. The summed E-state index contributed by atoms with van der Waals surface area (Å²) >= 11 is 3.07. The van der Waals surface area contributed by atoms with Gasteiger partial charge >= 0.3 is 5.97 Å². The van der Waals surface area contributed by atoms with Crippen molar-refractivity contribution in [2.24, 2.45) is 5.73 Å². The number of carbonyl (C=O) groups is 4. The summed E-state index contributed by atoms with van der Waals surface area (Å²) in [5.74, 6) is 1.05. The van der Waals surface area contributed by atoms with Crippen LogP contribution >= 0.6 is 23.5 Å². The van der Waals surface area contributed by atoms with Gasteiger partial charge in [-0.1, -0.05) is 102 Å². The zero-order valence-electron chi connectivity index (χ0n) is 44.3. The number of nitrogens with one attached hydrogen (secondary N) is 5. The quantitative estimate of drug-likeness (QED) is 0.0183. The van der Waals surface area contributed by atoms with Crippen molar-refractivity contribution >= 4 is 58.2 Å². The lowest BCUT2D eigenvalue weighted by Crippen LogP contribution is -2.54. The van der Waals surface area contributed by atoms with Gasteiger partial charge in [-0.2, -0.15) is 23.5 Å². The highest BCUT2D eigenvalue weighted by Gasteiger charge is 2.25. The normalized spacial score (nSPS) is 12.1. The first-order chi connectivity index (χ1) is 37.3. The third-order valence-corrected chi connectivity index (χ3v) is 12.0. The number of nitrogens with two attached hydrogens (primary N) is 1. The van der Waals surface area contributed by atoms with Gasteiger partial charge in [0.05, 0.1) is 59.9 Å². The summed E-state index contributed by atoms with van der Waals surface area (Å²) in [6, 6.07) is 39.2. The highest BCUT2D eigenvalue weighted by molar-refractivity contribution is 7.98. The van der Waals surface area contributed by atoms with Crippen LogP contribution in [0.15, 0.2) is 133 Å². The maximum atomic E-state index is 12.8. The predicted molar refractivity (Wildman–Crippen MR) is 298 cm³/mol. The Labute approximate surface area is 458 Å². The van der Waals surface area contributed by atoms with Gasteiger partial charge < -0.3 is 71.1 Å². The lowest BCUT2D eigenvalue weighted by atomic mass is 10.2. The number of benzene rings is 5. The minimum Gasteiger partial charge on any atom is -0.497 e. The number of amides is 3. The zero-order valence-corrected chi connectivity index (χ0v) is 45.9. The summed E-state index contributed by atoms with van der Waals surface area (Å²) in [7, 11) is 6.59. The average Bonchev–Trinajstić information content (AvgIpc) is 3.84. The number of nitrogens with zero attached hydrogens (tertiary/aromatic N) is 3. The molecule has 77 heavy (non-hydrogen) atoms. The van der Waals surface area contributed by atoms with Crippen LogP contribution in [0.25, 0.3) is 11.0 Å². The van der Waals surface area contributed by atoms with Crippen LogP contribution in [0, 0.1) is 0 Å². The summed E-state index contributed by atoms with van der Waals surface area (Å²) in [5, 5.41) is 38.3. The number of likely N-dealkylation sites (N-methyl/N-ethyl adjacent to an activating group) is 2. The molecule has 418 valence electrons.